The lowest BCUT2D eigenvalue weighted by Crippen LogP contribution is -2.23. The Balaban J connectivity index is 1.96. The van der Waals surface area contributed by atoms with E-state index in [0.29, 0.717) is 6.04 Å². The van der Waals surface area contributed by atoms with Crippen LogP contribution in [-0.2, 0) is 0 Å². The predicted octanol–water partition coefficient (Wildman–Crippen LogP) is 5.13. The third kappa shape index (κ3) is 4.08. The lowest BCUT2D eigenvalue weighted by Gasteiger charge is -2.20. The normalized spacial score (nSPS) is 18.7. The summed E-state index contributed by atoms with van der Waals surface area (Å²) in [6.45, 7) is 3.37. The van der Waals surface area contributed by atoms with Gasteiger partial charge in [-0.2, -0.15) is 0 Å². The molecular weight excluding hydrogens is 294 g/mol. The van der Waals surface area contributed by atoms with Crippen molar-refractivity contribution in [2.45, 2.75) is 51.5 Å². The van der Waals surface area contributed by atoms with Crippen molar-refractivity contribution in [3.05, 3.63) is 20.8 Å². The molecular formula is C14H22BrNS. The molecule has 0 radical (unpaired) electrons. The van der Waals surface area contributed by atoms with E-state index in [9.17, 15) is 0 Å². The zero-order valence-electron chi connectivity index (χ0n) is 10.5. The Bertz CT molecular complexity index is 331. The van der Waals surface area contributed by atoms with Crippen molar-refractivity contribution in [1.82, 2.24) is 5.32 Å². The largest absolute Gasteiger partial charge is 0.309 e. The van der Waals surface area contributed by atoms with E-state index in [2.05, 4.69) is 39.6 Å². The first-order valence-corrected chi connectivity index (χ1v) is 8.44. The van der Waals surface area contributed by atoms with Crippen LogP contribution in [0.25, 0.3) is 0 Å². The SMILES string of the molecule is CCCNC(CC1CCCC1)c1cc(Br)cs1. The van der Waals surface area contributed by atoms with Crippen molar-refractivity contribution in [2.75, 3.05) is 6.54 Å². The molecule has 1 N–H and O–H groups in total. The second-order valence-electron chi connectivity index (χ2n) is 5.06. The molecule has 0 aromatic carbocycles. The van der Waals surface area contributed by atoms with Crippen LogP contribution in [0, 0.1) is 5.92 Å². The maximum absolute atomic E-state index is 3.72. The van der Waals surface area contributed by atoms with Crippen molar-refractivity contribution in [3.63, 3.8) is 0 Å². The number of halogens is 1. The van der Waals surface area contributed by atoms with Gasteiger partial charge in [0.25, 0.3) is 0 Å². The molecule has 1 heterocycles. The Hall–Kier alpha value is 0.140. The molecule has 3 heteroatoms. The fourth-order valence-corrected chi connectivity index (χ4v) is 4.24. The molecule has 1 aromatic heterocycles. The molecule has 1 aliphatic carbocycles. The summed E-state index contributed by atoms with van der Waals surface area (Å²) in [5.74, 6) is 0.949. The van der Waals surface area contributed by atoms with E-state index >= 15 is 0 Å². The van der Waals surface area contributed by atoms with Crippen molar-refractivity contribution in [3.8, 4) is 0 Å². The van der Waals surface area contributed by atoms with Gasteiger partial charge in [-0.05, 0) is 47.3 Å². The van der Waals surface area contributed by atoms with Crippen LogP contribution in [0.4, 0.5) is 0 Å². The molecule has 0 aliphatic heterocycles. The highest BCUT2D eigenvalue weighted by atomic mass is 79.9. The standard InChI is InChI=1S/C14H22BrNS/c1-2-7-16-13(8-11-5-3-4-6-11)14-9-12(15)10-17-14/h9-11,13,16H,2-8H2,1H3. The first-order chi connectivity index (χ1) is 8.29. The van der Waals surface area contributed by atoms with Crippen LogP contribution in [-0.4, -0.2) is 6.54 Å². The van der Waals surface area contributed by atoms with Gasteiger partial charge in [0, 0.05) is 20.8 Å². The maximum Gasteiger partial charge on any atom is 0.0417 e. The average molecular weight is 316 g/mol. The van der Waals surface area contributed by atoms with E-state index in [1.54, 1.807) is 0 Å². The zero-order chi connectivity index (χ0) is 12.1. The Kier molecular flexibility index (Phi) is 5.51. The van der Waals surface area contributed by atoms with Crippen LogP contribution in [0.3, 0.4) is 0 Å². The van der Waals surface area contributed by atoms with E-state index < -0.39 is 0 Å². The topological polar surface area (TPSA) is 12.0 Å². The molecule has 0 spiro atoms. The van der Waals surface area contributed by atoms with E-state index in [1.165, 1.54) is 47.9 Å². The maximum atomic E-state index is 3.72. The van der Waals surface area contributed by atoms with E-state index in [0.717, 1.165) is 12.5 Å². The van der Waals surface area contributed by atoms with Gasteiger partial charge in [0.05, 0.1) is 0 Å². The zero-order valence-corrected chi connectivity index (χ0v) is 12.9. The predicted molar refractivity (Wildman–Crippen MR) is 79.6 cm³/mol. The first kappa shape index (κ1) is 13.6. The highest BCUT2D eigenvalue weighted by Gasteiger charge is 2.21. The third-order valence-electron chi connectivity index (χ3n) is 3.62. The minimum Gasteiger partial charge on any atom is -0.309 e. The molecule has 0 bridgehead atoms. The van der Waals surface area contributed by atoms with Crippen LogP contribution >= 0.6 is 27.3 Å². The van der Waals surface area contributed by atoms with Gasteiger partial charge in [0.1, 0.15) is 0 Å². The highest BCUT2D eigenvalue weighted by Crippen LogP contribution is 2.35. The van der Waals surface area contributed by atoms with Crippen molar-refractivity contribution >= 4 is 27.3 Å². The van der Waals surface area contributed by atoms with Gasteiger partial charge >= 0.3 is 0 Å². The smallest absolute Gasteiger partial charge is 0.0417 e. The van der Waals surface area contributed by atoms with Gasteiger partial charge in [-0.15, -0.1) is 11.3 Å². The molecule has 1 atom stereocenters. The number of thiophene rings is 1. The molecule has 17 heavy (non-hydrogen) atoms. The molecule has 2 rings (SSSR count). The summed E-state index contributed by atoms with van der Waals surface area (Å²) >= 11 is 5.45. The molecule has 1 aromatic rings. The second-order valence-corrected chi connectivity index (χ2v) is 6.92. The number of hydrogen-bond donors (Lipinski definition) is 1. The quantitative estimate of drug-likeness (QED) is 0.767. The van der Waals surface area contributed by atoms with Crippen LogP contribution in [0.5, 0.6) is 0 Å². The molecule has 1 saturated carbocycles. The summed E-state index contributed by atoms with van der Waals surface area (Å²) in [6.07, 6.45) is 8.31. The minimum absolute atomic E-state index is 0.578. The fourth-order valence-electron chi connectivity index (χ4n) is 2.71. The molecule has 96 valence electrons. The van der Waals surface area contributed by atoms with Crippen LogP contribution in [0.2, 0.25) is 0 Å². The molecule has 0 amide bonds. The Morgan fingerprint density at radius 1 is 1.47 bits per heavy atom. The fraction of sp³-hybridized carbons (Fsp3) is 0.714. The Labute approximate surface area is 117 Å². The summed E-state index contributed by atoms with van der Waals surface area (Å²) in [6, 6.07) is 2.86. The monoisotopic (exact) mass is 315 g/mol. The number of rotatable bonds is 6. The molecule has 1 aliphatic rings. The molecule has 1 unspecified atom stereocenters. The van der Waals surface area contributed by atoms with Crippen molar-refractivity contribution in [1.29, 1.82) is 0 Å². The van der Waals surface area contributed by atoms with Crippen molar-refractivity contribution in [2.24, 2.45) is 5.92 Å². The summed E-state index contributed by atoms with van der Waals surface area (Å²) in [5.41, 5.74) is 0. The summed E-state index contributed by atoms with van der Waals surface area (Å²) in [7, 11) is 0. The Morgan fingerprint density at radius 3 is 2.82 bits per heavy atom. The van der Waals surface area contributed by atoms with Gasteiger partial charge < -0.3 is 5.32 Å². The molecule has 1 fully saturated rings. The summed E-state index contributed by atoms with van der Waals surface area (Å²) < 4.78 is 1.23. The van der Waals surface area contributed by atoms with E-state index in [-0.39, 0.29) is 0 Å². The molecule has 1 nitrogen and oxygen atoms in total. The highest BCUT2D eigenvalue weighted by molar-refractivity contribution is 9.10. The van der Waals surface area contributed by atoms with Gasteiger partial charge in [-0.1, -0.05) is 32.6 Å². The average Bonchev–Trinajstić information content (AvgIpc) is 2.95. The van der Waals surface area contributed by atoms with Gasteiger partial charge in [-0.25, -0.2) is 0 Å². The van der Waals surface area contributed by atoms with Crippen LogP contribution < -0.4 is 5.32 Å². The summed E-state index contributed by atoms with van der Waals surface area (Å²) in [5, 5.41) is 5.91. The Morgan fingerprint density at radius 2 is 2.24 bits per heavy atom. The lowest BCUT2D eigenvalue weighted by atomic mass is 9.97. The molecule has 0 saturated heterocycles. The van der Waals surface area contributed by atoms with Crippen molar-refractivity contribution < 1.29 is 0 Å². The van der Waals surface area contributed by atoms with Gasteiger partial charge in [-0.3, -0.25) is 0 Å². The van der Waals surface area contributed by atoms with Gasteiger partial charge in [0.15, 0.2) is 0 Å². The second kappa shape index (κ2) is 6.91. The van der Waals surface area contributed by atoms with E-state index in [1.807, 2.05) is 11.3 Å². The van der Waals surface area contributed by atoms with Gasteiger partial charge in [0.2, 0.25) is 0 Å². The number of nitrogens with one attached hydrogen (secondary N) is 1. The van der Waals surface area contributed by atoms with Crippen LogP contribution in [0.15, 0.2) is 15.9 Å². The van der Waals surface area contributed by atoms with Crippen LogP contribution in [0.1, 0.15) is 56.4 Å². The summed E-state index contributed by atoms with van der Waals surface area (Å²) in [4.78, 5) is 1.50. The third-order valence-corrected chi connectivity index (χ3v) is 5.42. The number of hydrogen-bond acceptors (Lipinski definition) is 2. The first-order valence-electron chi connectivity index (χ1n) is 6.77. The lowest BCUT2D eigenvalue weighted by molar-refractivity contribution is 0.399. The van der Waals surface area contributed by atoms with E-state index in [4.69, 9.17) is 0 Å². The minimum atomic E-state index is 0.578.